The van der Waals surface area contributed by atoms with E-state index in [0.717, 1.165) is 21.5 Å². The molecule has 1 aromatic heterocycles. The molecule has 1 amide bonds. The molecule has 2 aliphatic heterocycles. The number of ketones is 1. The Bertz CT molecular complexity index is 2020. The molecule has 9 nitrogen and oxygen atoms in total. The molecule has 272 valence electrons. The second-order valence-electron chi connectivity index (χ2n) is 15.3. The van der Waals surface area contributed by atoms with Gasteiger partial charge in [-0.2, -0.15) is 4.98 Å². The summed E-state index contributed by atoms with van der Waals surface area (Å²) in [5.41, 5.74) is 0.807. The van der Waals surface area contributed by atoms with E-state index in [1.165, 1.54) is 18.9 Å². The molecule has 0 radical (unpaired) electrons. The van der Waals surface area contributed by atoms with Crippen molar-refractivity contribution >= 4 is 53.9 Å². The lowest BCUT2D eigenvalue weighted by atomic mass is 9.84. The molecule has 0 aliphatic carbocycles. The van der Waals surface area contributed by atoms with Crippen LogP contribution in [0.25, 0.3) is 0 Å². The average Bonchev–Trinajstić information content (AvgIpc) is 3.10. The number of Topliss-reactive ketones (excluding diaryl/α,β-unsaturated/α-hetero) is 1. The lowest BCUT2D eigenvalue weighted by molar-refractivity contribution is -0.160. The van der Waals surface area contributed by atoms with Gasteiger partial charge in [0.15, 0.2) is 17.0 Å². The molecule has 0 saturated carbocycles. The van der Waals surface area contributed by atoms with E-state index in [2.05, 4.69) is 50.0 Å². The number of rotatable bonds is 10. The minimum absolute atomic E-state index is 0.0689. The normalized spacial score (nSPS) is 20.7. The molecule has 0 bridgehead atoms. The van der Waals surface area contributed by atoms with Crippen LogP contribution in [-0.4, -0.2) is 62.3 Å². The van der Waals surface area contributed by atoms with E-state index in [9.17, 15) is 14.4 Å². The third-order valence-corrected chi connectivity index (χ3v) is 18.0. The molecule has 1 saturated heterocycles. The molecule has 6 rings (SSSR count). The summed E-state index contributed by atoms with van der Waals surface area (Å²) in [6, 6.07) is 30.2. The highest BCUT2D eigenvalue weighted by Gasteiger charge is 2.60. The number of fused-ring (bicyclic) bond motifs is 1. The zero-order valence-electron chi connectivity index (χ0n) is 31.2. The molecule has 4 aromatic rings. The van der Waals surface area contributed by atoms with Gasteiger partial charge >= 0.3 is 13.9 Å². The van der Waals surface area contributed by atoms with E-state index in [0.29, 0.717) is 17.3 Å². The Labute approximate surface area is 315 Å². The lowest BCUT2D eigenvalue weighted by Crippen LogP contribution is -2.69. The largest absolute Gasteiger partial charge is 0.516 e. The van der Waals surface area contributed by atoms with E-state index < -0.39 is 39.9 Å². The maximum atomic E-state index is 14.2. The van der Waals surface area contributed by atoms with Gasteiger partial charge in [0.25, 0.3) is 11.8 Å². The zero-order chi connectivity index (χ0) is 37.6. The van der Waals surface area contributed by atoms with Gasteiger partial charge in [0, 0.05) is 26.0 Å². The highest BCUT2D eigenvalue weighted by Crippen LogP contribution is 2.59. The monoisotopic (exact) mass is 754 g/mol. The van der Waals surface area contributed by atoms with Gasteiger partial charge in [-0.05, 0) is 33.5 Å². The maximum Gasteiger partial charge on any atom is 0.335 e. The zero-order valence-corrected chi connectivity index (χ0v) is 33.8. The molecular weight excluding hydrogens is 709 g/mol. The van der Waals surface area contributed by atoms with Crippen molar-refractivity contribution in [3.05, 3.63) is 118 Å². The van der Waals surface area contributed by atoms with Crippen molar-refractivity contribution < 1.29 is 18.8 Å². The molecule has 12 heteroatoms. The summed E-state index contributed by atoms with van der Waals surface area (Å²) in [4.78, 5) is 48.0. The standard InChI is InChI=1S/C40H46N4O5S2Si/c1-26-30(32(45)38(2,3)4)44-35(47)31(48-9)36(44)50-40(26,25-27-19-13-10-14-20-27)51-37-41-33(46)34(42-43(37)8)49-52(39(5,6)7,28-21-15-11-16-22-28)29-23-17-12-18-24-29/h10-24,31,36H,25H2,1-9H3/t31-,36-,40?/m0/s1. The van der Waals surface area contributed by atoms with Crippen molar-refractivity contribution in [2.75, 3.05) is 7.11 Å². The van der Waals surface area contributed by atoms with Gasteiger partial charge < -0.3 is 9.16 Å². The van der Waals surface area contributed by atoms with Crippen LogP contribution in [-0.2, 0) is 27.8 Å². The first-order valence-corrected chi connectivity index (χ1v) is 20.9. The number of carbonyl (C=O) groups excluding carboxylic acids is 2. The van der Waals surface area contributed by atoms with Crippen LogP contribution in [0, 0.1) is 5.41 Å². The number of aromatic nitrogens is 3. The average molecular weight is 755 g/mol. The summed E-state index contributed by atoms with van der Waals surface area (Å²) in [7, 11) is 0.103. The Morgan fingerprint density at radius 2 is 1.44 bits per heavy atom. The summed E-state index contributed by atoms with van der Waals surface area (Å²) < 4.78 is 13.4. The van der Waals surface area contributed by atoms with Gasteiger partial charge in [-0.25, -0.2) is 4.68 Å². The number of hydrogen-bond donors (Lipinski definition) is 0. The molecule has 52 heavy (non-hydrogen) atoms. The molecule has 1 unspecified atom stereocenters. The number of nitrogens with zero attached hydrogens (tertiary/aromatic N) is 4. The predicted molar refractivity (Wildman–Crippen MR) is 210 cm³/mol. The van der Waals surface area contributed by atoms with Crippen LogP contribution in [0.2, 0.25) is 5.04 Å². The maximum absolute atomic E-state index is 14.2. The Balaban J connectivity index is 1.49. The Morgan fingerprint density at radius 3 is 1.94 bits per heavy atom. The summed E-state index contributed by atoms with van der Waals surface area (Å²) in [6.45, 7) is 13.9. The van der Waals surface area contributed by atoms with E-state index in [-0.39, 0.29) is 17.6 Å². The van der Waals surface area contributed by atoms with Gasteiger partial charge in [0.2, 0.25) is 0 Å². The Morgan fingerprint density at radius 1 is 0.904 bits per heavy atom. The van der Waals surface area contributed by atoms with E-state index in [4.69, 9.17) is 14.3 Å². The number of amides is 1. The second kappa shape index (κ2) is 14.1. The summed E-state index contributed by atoms with van der Waals surface area (Å²) >= 11 is 2.92. The fourth-order valence-electron chi connectivity index (χ4n) is 6.99. The van der Waals surface area contributed by atoms with Crippen LogP contribution in [0.4, 0.5) is 0 Å². The topological polar surface area (TPSA) is 104 Å². The highest BCUT2D eigenvalue weighted by molar-refractivity contribution is 8.18. The molecule has 1 fully saturated rings. The molecule has 2 aliphatic rings. The van der Waals surface area contributed by atoms with Crippen molar-refractivity contribution in [1.29, 1.82) is 0 Å². The van der Waals surface area contributed by atoms with Gasteiger partial charge in [-0.3, -0.25) is 19.3 Å². The molecular formula is C40H46N4O5S2Si. The second-order valence-corrected chi connectivity index (χ2v) is 22.5. The number of carbonyl (C=O) groups is 2. The fraction of sp³-hybridized carbons (Fsp3) is 0.375. The summed E-state index contributed by atoms with van der Waals surface area (Å²) in [6.07, 6.45) is -0.227. The number of methoxy groups -OCH3 is 1. The smallest absolute Gasteiger partial charge is 0.335 e. The van der Waals surface area contributed by atoms with E-state index in [1.807, 2.05) is 94.4 Å². The minimum Gasteiger partial charge on any atom is -0.516 e. The van der Waals surface area contributed by atoms with E-state index >= 15 is 0 Å². The highest BCUT2D eigenvalue weighted by atomic mass is 32.2. The van der Waals surface area contributed by atoms with Gasteiger partial charge in [0.05, 0.1) is 9.78 Å². The molecule has 3 heterocycles. The summed E-state index contributed by atoms with van der Waals surface area (Å²) in [5.74, 6) is -0.437. The minimum atomic E-state index is -3.17. The third-order valence-electron chi connectivity index (χ3n) is 9.72. The van der Waals surface area contributed by atoms with Crippen molar-refractivity contribution in [2.45, 2.75) is 80.6 Å². The quantitative estimate of drug-likeness (QED) is 0.143. The number of hydrogen-bond acceptors (Lipinski definition) is 9. The Kier molecular flexibility index (Phi) is 10.2. The first-order valence-electron chi connectivity index (χ1n) is 17.3. The summed E-state index contributed by atoms with van der Waals surface area (Å²) in [5, 5.41) is 6.34. The number of aryl methyl sites for hydroxylation is 1. The van der Waals surface area contributed by atoms with Crippen molar-refractivity contribution in [3.8, 4) is 5.88 Å². The van der Waals surface area contributed by atoms with Crippen LogP contribution in [0.15, 0.2) is 112 Å². The predicted octanol–water partition coefficient (Wildman–Crippen LogP) is 5.96. The Hall–Kier alpha value is -3.97. The molecule has 0 N–H and O–H groups in total. The SMILES string of the molecule is CO[C@H]1C(=O)N2C(C(=O)C(C)(C)C)=C(C)C(Cc3ccccc3)(Sc3nc(=O)c(O[Si](c4ccccc4)(c4ccccc4)C(C)(C)C)nn3C)S[C@@H]12. The molecule has 0 spiro atoms. The van der Waals surface area contributed by atoms with Crippen molar-refractivity contribution in [1.82, 2.24) is 19.7 Å². The van der Waals surface area contributed by atoms with Crippen molar-refractivity contribution in [3.63, 3.8) is 0 Å². The first-order chi connectivity index (χ1) is 24.5. The third kappa shape index (κ3) is 6.59. The van der Waals surface area contributed by atoms with E-state index in [1.54, 1.807) is 28.4 Å². The number of ether oxygens (including phenoxy) is 1. The van der Waals surface area contributed by atoms with Crippen LogP contribution in [0.1, 0.15) is 54.0 Å². The van der Waals surface area contributed by atoms with Crippen LogP contribution in [0.5, 0.6) is 5.88 Å². The molecule has 3 atom stereocenters. The fourth-order valence-corrected chi connectivity index (χ4v) is 14.7. The number of thioether (sulfide) groups is 2. The van der Waals surface area contributed by atoms with Crippen LogP contribution < -0.4 is 20.4 Å². The number of allylic oxidation sites excluding steroid dienone is 1. The van der Waals surface area contributed by atoms with Gasteiger partial charge in [0.1, 0.15) is 5.37 Å². The van der Waals surface area contributed by atoms with Gasteiger partial charge in [-0.15, -0.1) is 16.9 Å². The van der Waals surface area contributed by atoms with Crippen molar-refractivity contribution in [2.24, 2.45) is 12.5 Å². The van der Waals surface area contributed by atoms with Crippen LogP contribution >= 0.6 is 23.5 Å². The number of β-lactam (4-membered cyclic amide) rings is 1. The molecule has 3 aromatic carbocycles. The first kappa shape index (κ1) is 37.8. The lowest BCUT2D eigenvalue weighted by Gasteiger charge is -2.55. The number of benzene rings is 3. The van der Waals surface area contributed by atoms with Crippen LogP contribution in [0.3, 0.4) is 0 Å². The van der Waals surface area contributed by atoms with Gasteiger partial charge in [-0.1, -0.05) is 144 Å².